The van der Waals surface area contributed by atoms with Crippen LogP contribution >= 0.6 is 0 Å². The molecule has 1 heterocycles. The number of hydrogen-bond donors (Lipinski definition) is 0. The zero-order valence-corrected chi connectivity index (χ0v) is 15.3. The Morgan fingerprint density at radius 2 is 1.36 bits per heavy atom. The number of ether oxygens (including phenoxy) is 2. The van der Waals surface area contributed by atoms with Crippen LogP contribution in [0.25, 0.3) is 0 Å². The van der Waals surface area contributed by atoms with Gasteiger partial charge >= 0.3 is 0 Å². The smallest absolute Gasteiger partial charge is 0.0837 e. The molecule has 1 rings (SSSR count). The molecule has 0 bridgehead atoms. The Balaban J connectivity index is 1.96. The van der Waals surface area contributed by atoms with Gasteiger partial charge in [-0.1, -0.05) is 84.5 Å². The van der Waals surface area contributed by atoms with Crippen LogP contribution in [0, 0.1) is 5.92 Å². The van der Waals surface area contributed by atoms with E-state index in [0.29, 0.717) is 6.10 Å². The van der Waals surface area contributed by atoms with E-state index >= 15 is 0 Å². The molecule has 1 saturated heterocycles. The second-order valence-electron chi connectivity index (χ2n) is 7.00. The zero-order chi connectivity index (χ0) is 15.9. The summed E-state index contributed by atoms with van der Waals surface area (Å²) in [6.45, 7) is 6.98. The first-order valence-corrected chi connectivity index (χ1v) is 10.1. The van der Waals surface area contributed by atoms with E-state index in [1.165, 1.54) is 83.5 Å². The second kappa shape index (κ2) is 14.5. The van der Waals surface area contributed by atoms with E-state index in [0.717, 1.165) is 25.7 Å². The minimum atomic E-state index is 0.368. The Bertz CT molecular complexity index is 224. The fourth-order valence-corrected chi connectivity index (χ4v) is 3.56. The van der Waals surface area contributed by atoms with Crippen molar-refractivity contribution in [1.29, 1.82) is 0 Å². The van der Waals surface area contributed by atoms with Crippen LogP contribution < -0.4 is 0 Å². The molecular weight excluding hydrogens is 272 g/mol. The van der Waals surface area contributed by atoms with Crippen molar-refractivity contribution in [3.63, 3.8) is 0 Å². The monoisotopic (exact) mass is 312 g/mol. The Hall–Kier alpha value is -0.0800. The van der Waals surface area contributed by atoms with Crippen molar-refractivity contribution >= 4 is 0 Å². The quantitative estimate of drug-likeness (QED) is 0.359. The summed E-state index contributed by atoms with van der Waals surface area (Å²) in [7, 11) is 0. The van der Waals surface area contributed by atoms with Crippen molar-refractivity contribution in [1.82, 2.24) is 0 Å². The molecule has 0 aromatic heterocycles. The highest BCUT2D eigenvalue weighted by Crippen LogP contribution is 2.24. The Morgan fingerprint density at radius 3 is 1.91 bits per heavy atom. The SMILES string of the molecule is CCCCCCCCCCCCC(CCC)C1COCCO1. The molecule has 0 amide bonds. The first kappa shape index (κ1) is 20.0. The van der Waals surface area contributed by atoms with E-state index in [4.69, 9.17) is 9.47 Å². The molecule has 2 unspecified atom stereocenters. The third-order valence-corrected chi connectivity index (χ3v) is 4.96. The molecule has 0 N–H and O–H groups in total. The fraction of sp³-hybridized carbons (Fsp3) is 1.00. The summed E-state index contributed by atoms with van der Waals surface area (Å²) in [4.78, 5) is 0. The molecule has 0 aromatic rings. The highest BCUT2D eigenvalue weighted by Gasteiger charge is 2.23. The van der Waals surface area contributed by atoms with E-state index < -0.39 is 0 Å². The normalized spacial score (nSPS) is 20.2. The van der Waals surface area contributed by atoms with Gasteiger partial charge in [0.2, 0.25) is 0 Å². The topological polar surface area (TPSA) is 18.5 Å². The molecular formula is C20H40O2. The van der Waals surface area contributed by atoms with Gasteiger partial charge in [-0.15, -0.1) is 0 Å². The third-order valence-electron chi connectivity index (χ3n) is 4.96. The Kier molecular flexibility index (Phi) is 13.2. The summed E-state index contributed by atoms with van der Waals surface area (Å²) in [5.41, 5.74) is 0. The van der Waals surface area contributed by atoms with Crippen LogP contribution in [-0.4, -0.2) is 25.9 Å². The van der Waals surface area contributed by atoms with Gasteiger partial charge < -0.3 is 9.47 Å². The van der Waals surface area contributed by atoms with Gasteiger partial charge in [0.05, 0.1) is 25.9 Å². The Morgan fingerprint density at radius 1 is 0.727 bits per heavy atom. The summed E-state index contributed by atoms with van der Waals surface area (Å²) in [6, 6.07) is 0. The molecule has 0 spiro atoms. The summed E-state index contributed by atoms with van der Waals surface area (Å²) >= 11 is 0. The maximum atomic E-state index is 5.91. The lowest BCUT2D eigenvalue weighted by Crippen LogP contribution is -2.35. The average Bonchev–Trinajstić information content (AvgIpc) is 2.56. The molecule has 0 saturated carbocycles. The summed E-state index contributed by atoms with van der Waals surface area (Å²) < 4.78 is 11.5. The molecule has 1 aliphatic rings. The number of unbranched alkanes of at least 4 members (excludes halogenated alkanes) is 9. The average molecular weight is 313 g/mol. The van der Waals surface area contributed by atoms with Crippen molar-refractivity contribution < 1.29 is 9.47 Å². The lowest BCUT2D eigenvalue weighted by Gasteiger charge is -2.30. The van der Waals surface area contributed by atoms with Crippen LogP contribution in [-0.2, 0) is 9.47 Å². The van der Waals surface area contributed by atoms with Gasteiger partial charge in [-0.2, -0.15) is 0 Å². The van der Waals surface area contributed by atoms with E-state index in [-0.39, 0.29) is 0 Å². The largest absolute Gasteiger partial charge is 0.376 e. The van der Waals surface area contributed by atoms with Gasteiger partial charge in [0, 0.05) is 0 Å². The van der Waals surface area contributed by atoms with Crippen LogP contribution in [0.3, 0.4) is 0 Å². The lowest BCUT2D eigenvalue weighted by atomic mass is 9.90. The standard InChI is InChI=1S/C20H40O2/c1-3-5-6-7-8-9-10-11-12-13-15-19(14-4-2)20-18-21-16-17-22-20/h19-20H,3-18H2,1-2H3. The van der Waals surface area contributed by atoms with Crippen LogP contribution in [0.4, 0.5) is 0 Å². The predicted molar refractivity (Wildman–Crippen MR) is 95.4 cm³/mol. The van der Waals surface area contributed by atoms with E-state index in [2.05, 4.69) is 13.8 Å². The van der Waals surface area contributed by atoms with Gasteiger partial charge in [0.25, 0.3) is 0 Å². The van der Waals surface area contributed by atoms with Crippen molar-refractivity contribution in [3.05, 3.63) is 0 Å². The minimum Gasteiger partial charge on any atom is -0.376 e. The van der Waals surface area contributed by atoms with Gasteiger partial charge in [-0.05, 0) is 18.8 Å². The maximum absolute atomic E-state index is 5.91. The fourth-order valence-electron chi connectivity index (χ4n) is 3.56. The second-order valence-corrected chi connectivity index (χ2v) is 7.00. The van der Waals surface area contributed by atoms with Gasteiger partial charge in [-0.25, -0.2) is 0 Å². The lowest BCUT2D eigenvalue weighted by molar-refractivity contribution is -0.113. The summed E-state index contributed by atoms with van der Waals surface area (Å²) in [5, 5.41) is 0. The highest BCUT2D eigenvalue weighted by atomic mass is 16.6. The zero-order valence-electron chi connectivity index (χ0n) is 15.3. The van der Waals surface area contributed by atoms with Crippen LogP contribution in [0.5, 0.6) is 0 Å². The first-order chi connectivity index (χ1) is 10.9. The van der Waals surface area contributed by atoms with Gasteiger partial charge in [-0.3, -0.25) is 0 Å². The summed E-state index contributed by atoms with van der Waals surface area (Å²) in [6.07, 6.45) is 18.5. The molecule has 22 heavy (non-hydrogen) atoms. The van der Waals surface area contributed by atoms with Crippen LogP contribution in [0.15, 0.2) is 0 Å². The number of hydrogen-bond acceptors (Lipinski definition) is 2. The van der Waals surface area contributed by atoms with Crippen molar-refractivity contribution in [3.8, 4) is 0 Å². The van der Waals surface area contributed by atoms with Crippen LogP contribution in [0.1, 0.15) is 97.3 Å². The van der Waals surface area contributed by atoms with Crippen molar-refractivity contribution in [2.24, 2.45) is 5.92 Å². The van der Waals surface area contributed by atoms with Gasteiger partial charge in [0.15, 0.2) is 0 Å². The first-order valence-electron chi connectivity index (χ1n) is 10.1. The maximum Gasteiger partial charge on any atom is 0.0837 e. The summed E-state index contributed by atoms with van der Waals surface area (Å²) in [5.74, 6) is 0.722. The highest BCUT2D eigenvalue weighted by molar-refractivity contribution is 4.72. The van der Waals surface area contributed by atoms with E-state index in [9.17, 15) is 0 Å². The van der Waals surface area contributed by atoms with Gasteiger partial charge in [0.1, 0.15) is 0 Å². The molecule has 132 valence electrons. The molecule has 1 fully saturated rings. The molecule has 2 nitrogen and oxygen atoms in total. The molecule has 2 atom stereocenters. The van der Waals surface area contributed by atoms with E-state index in [1.807, 2.05) is 0 Å². The van der Waals surface area contributed by atoms with Crippen molar-refractivity contribution in [2.75, 3.05) is 19.8 Å². The number of rotatable bonds is 14. The van der Waals surface area contributed by atoms with Crippen LogP contribution in [0.2, 0.25) is 0 Å². The predicted octanol–water partition coefficient (Wildman–Crippen LogP) is 6.13. The molecule has 0 aliphatic carbocycles. The van der Waals surface area contributed by atoms with Crippen molar-refractivity contribution in [2.45, 2.75) is 103 Å². The minimum absolute atomic E-state index is 0.368. The Labute approximate surface area is 139 Å². The van der Waals surface area contributed by atoms with E-state index in [1.54, 1.807) is 0 Å². The molecule has 2 heteroatoms. The molecule has 1 aliphatic heterocycles. The molecule has 0 radical (unpaired) electrons. The third kappa shape index (κ3) is 9.84. The molecule has 0 aromatic carbocycles.